The normalized spacial score (nSPS) is 12.7. The molecule has 0 bridgehead atoms. The molecule has 17 heavy (non-hydrogen) atoms. The van der Waals surface area contributed by atoms with Gasteiger partial charge in [0.15, 0.2) is 0 Å². The van der Waals surface area contributed by atoms with E-state index in [1.165, 1.54) is 0 Å². The molecule has 2 rings (SSSR count). The van der Waals surface area contributed by atoms with Crippen LogP contribution in [-0.4, -0.2) is 9.78 Å². The summed E-state index contributed by atoms with van der Waals surface area (Å²) in [4.78, 5) is 0. The molecule has 2 aromatic rings. The molecule has 5 heteroatoms. The second-order valence-corrected chi connectivity index (χ2v) is 5.06. The van der Waals surface area contributed by atoms with E-state index in [0.717, 1.165) is 22.1 Å². The van der Waals surface area contributed by atoms with Crippen LogP contribution in [0.3, 0.4) is 0 Å². The van der Waals surface area contributed by atoms with E-state index in [1.807, 2.05) is 36.0 Å². The number of nitrogens with two attached hydrogens (primary N) is 1. The van der Waals surface area contributed by atoms with E-state index in [-0.39, 0.29) is 6.04 Å². The van der Waals surface area contributed by atoms with Crippen LogP contribution in [0.25, 0.3) is 0 Å². The first-order chi connectivity index (χ1) is 8.11. The van der Waals surface area contributed by atoms with Gasteiger partial charge in [0.05, 0.1) is 12.2 Å². The van der Waals surface area contributed by atoms with E-state index >= 15 is 0 Å². The molecule has 0 aliphatic heterocycles. The van der Waals surface area contributed by atoms with Crippen molar-refractivity contribution in [2.24, 2.45) is 5.73 Å². The quantitative estimate of drug-likeness (QED) is 0.944. The van der Waals surface area contributed by atoms with Crippen LogP contribution in [0.15, 0.2) is 35.1 Å². The highest BCUT2D eigenvalue weighted by Gasteiger charge is 2.14. The molecule has 0 saturated carbocycles. The maximum absolute atomic E-state index is 6.21. The summed E-state index contributed by atoms with van der Waals surface area (Å²) in [5.41, 5.74) is 8.16. The predicted molar refractivity (Wildman–Crippen MR) is 73.1 cm³/mol. The zero-order chi connectivity index (χ0) is 12.4. The number of hydrogen-bond donors (Lipinski definition) is 1. The third-order valence-corrected chi connectivity index (χ3v) is 3.59. The van der Waals surface area contributed by atoms with Crippen LogP contribution in [0.5, 0.6) is 0 Å². The lowest BCUT2D eigenvalue weighted by atomic mass is 10.0. The molecule has 1 aromatic carbocycles. The van der Waals surface area contributed by atoms with E-state index in [2.05, 4.69) is 21.0 Å². The molecule has 0 radical (unpaired) electrons. The second-order valence-electron chi connectivity index (χ2n) is 3.77. The molecule has 1 heterocycles. The Kier molecular flexibility index (Phi) is 3.86. The summed E-state index contributed by atoms with van der Waals surface area (Å²) >= 11 is 9.47. The minimum atomic E-state index is -0.219. The maximum Gasteiger partial charge on any atom is 0.0594 e. The largest absolute Gasteiger partial charge is 0.320 e. The Morgan fingerprint density at radius 3 is 2.94 bits per heavy atom. The molecular formula is C12H13BrClN3. The average molecular weight is 315 g/mol. The molecule has 1 unspecified atom stereocenters. The van der Waals surface area contributed by atoms with Crippen LogP contribution < -0.4 is 5.73 Å². The number of nitrogens with zero attached hydrogens (tertiary/aromatic N) is 2. The van der Waals surface area contributed by atoms with Gasteiger partial charge in [-0.2, -0.15) is 5.10 Å². The summed E-state index contributed by atoms with van der Waals surface area (Å²) in [5, 5.41) is 4.90. The first-order valence-electron chi connectivity index (χ1n) is 5.34. The lowest BCUT2D eigenvalue weighted by Crippen LogP contribution is -2.11. The highest BCUT2D eigenvalue weighted by atomic mass is 79.9. The molecular weight excluding hydrogens is 302 g/mol. The van der Waals surface area contributed by atoms with Gasteiger partial charge in [-0.25, -0.2) is 0 Å². The van der Waals surface area contributed by atoms with Gasteiger partial charge >= 0.3 is 0 Å². The van der Waals surface area contributed by atoms with Gasteiger partial charge in [0.2, 0.25) is 0 Å². The van der Waals surface area contributed by atoms with Crippen LogP contribution in [0.4, 0.5) is 0 Å². The van der Waals surface area contributed by atoms with Crippen molar-refractivity contribution < 1.29 is 0 Å². The molecule has 3 nitrogen and oxygen atoms in total. The lowest BCUT2D eigenvalue weighted by Gasteiger charge is -2.12. The van der Waals surface area contributed by atoms with Crippen molar-refractivity contribution >= 4 is 27.5 Å². The summed E-state index contributed by atoms with van der Waals surface area (Å²) < 4.78 is 2.81. The Morgan fingerprint density at radius 1 is 1.53 bits per heavy atom. The van der Waals surface area contributed by atoms with E-state index in [9.17, 15) is 0 Å². The van der Waals surface area contributed by atoms with Gasteiger partial charge in [0, 0.05) is 27.8 Å². The third kappa shape index (κ3) is 2.70. The minimum absolute atomic E-state index is 0.219. The summed E-state index contributed by atoms with van der Waals surface area (Å²) in [6.07, 6.45) is 3.75. The van der Waals surface area contributed by atoms with Gasteiger partial charge < -0.3 is 5.73 Å². The molecule has 2 N–H and O–H groups in total. The fourth-order valence-corrected chi connectivity index (χ4v) is 2.32. The van der Waals surface area contributed by atoms with Crippen molar-refractivity contribution in [1.82, 2.24) is 9.78 Å². The molecule has 1 atom stereocenters. The number of rotatable bonds is 3. The van der Waals surface area contributed by atoms with E-state index in [0.29, 0.717) is 5.02 Å². The van der Waals surface area contributed by atoms with Crippen molar-refractivity contribution in [3.8, 4) is 0 Å². The highest BCUT2D eigenvalue weighted by molar-refractivity contribution is 9.10. The number of hydrogen-bond acceptors (Lipinski definition) is 2. The van der Waals surface area contributed by atoms with Gasteiger partial charge in [-0.3, -0.25) is 4.68 Å². The summed E-state index contributed by atoms with van der Waals surface area (Å²) in [6.45, 7) is 2.88. The molecule has 0 saturated heterocycles. The van der Waals surface area contributed by atoms with Crippen LogP contribution in [0.1, 0.15) is 24.1 Å². The number of benzene rings is 1. The van der Waals surface area contributed by atoms with Crippen LogP contribution in [0.2, 0.25) is 5.02 Å². The highest BCUT2D eigenvalue weighted by Crippen LogP contribution is 2.29. The van der Waals surface area contributed by atoms with Gasteiger partial charge in [-0.15, -0.1) is 0 Å². The van der Waals surface area contributed by atoms with E-state index < -0.39 is 0 Å². The average Bonchev–Trinajstić information content (AvgIpc) is 2.80. The molecule has 0 aliphatic carbocycles. The van der Waals surface area contributed by atoms with Crippen molar-refractivity contribution in [3.63, 3.8) is 0 Å². The Labute approximate surface area is 114 Å². The van der Waals surface area contributed by atoms with Crippen LogP contribution >= 0.6 is 27.5 Å². The molecule has 0 aliphatic rings. The first-order valence-corrected chi connectivity index (χ1v) is 6.51. The standard InChI is InChI=1S/C12H13BrClN3/c1-2-17-7-8(6-16-17)12(15)10-5-9(14)3-4-11(10)13/h3-7,12H,2,15H2,1H3. The fraction of sp³-hybridized carbons (Fsp3) is 0.250. The van der Waals surface area contributed by atoms with Crippen molar-refractivity contribution in [2.75, 3.05) is 0 Å². The van der Waals surface area contributed by atoms with E-state index in [1.54, 1.807) is 6.20 Å². The van der Waals surface area contributed by atoms with Gasteiger partial charge in [-0.05, 0) is 30.7 Å². The zero-order valence-corrected chi connectivity index (χ0v) is 11.7. The Bertz CT molecular complexity index is 524. The maximum atomic E-state index is 6.21. The Balaban J connectivity index is 2.35. The summed E-state index contributed by atoms with van der Waals surface area (Å²) in [7, 11) is 0. The molecule has 0 fully saturated rings. The predicted octanol–water partition coefficient (Wildman–Crippen LogP) is 3.37. The monoisotopic (exact) mass is 313 g/mol. The number of aryl methyl sites for hydroxylation is 1. The van der Waals surface area contributed by atoms with Gasteiger partial charge in [0.25, 0.3) is 0 Å². The fourth-order valence-electron chi connectivity index (χ4n) is 1.65. The zero-order valence-electron chi connectivity index (χ0n) is 9.40. The smallest absolute Gasteiger partial charge is 0.0594 e. The number of halogens is 2. The topological polar surface area (TPSA) is 43.8 Å². The first kappa shape index (κ1) is 12.6. The van der Waals surface area contributed by atoms with Crippen LogP contribution in [-0.2, 0) is 6.54 Å². The van der Waals surface area contributed by atoms with Crippen LogP contribution in [0, 0.1) is 0 Å². The molecule has 90 valence electrons. The van der Waals surface area contributed by atoms with Gasteiger partial charge in [0.1, 0.15) is 0 Å². The van der Waals surface area contributed by atoms with Crippen molar-refractivity contribution in [1.29, 1.82) is 0 Å². The third-order valence-electron chi connectivity index (χ3n) is 2.63. The van der Waals surface area contributed by atoms with Crippen molar-refractivity contribution in [2.45, 2.75) is 19.5 Å². The SMILES string of the molecule is CCn1cc(C(N)c2cc(Cl)ccc2Br)cn1. The molecule has 0 spiro atoms. The summed E-state index contributed by atoms with van der Waals surface area (Å²) in [6, 6.07) is 5.39. The number of aromatic nitrogens is 2. The Hall–Kier alpha value is -0.840. The van der Waals surface area contributed by atoms with Crippen molar-refractivity contribution in [3.05, 3.63) is 51.2 Å². The lowest BCUT2D eigenvalue weighted by molar-refractivity contribution is 0.658. The summed E-state index contributed by atoms with van der Waals surface area (Å²) in [5.74, 6) is 0. The Morgan fingerprint density at radius 2 is 2.29 bits per heavy atom. The molecule has 1 aromatic heterocycles. The molecule has 0 amide bonds. The van der Waals surface area contributed by atoms with Gasteiger partial charge in [-0.1, -0.05) is 27.5 Å². The minimum Gasteiger partial charge on any atom is -0.320 e. The van der Waals surface area contributed by atoms with E-state index in [4.69, 9.17) is 17.3 Å². The second kappa shape index (κ2) is 5.21.